The highest BCUT2D eigenvalue weighted by Gasteiger charge is 2.25. The Balaban J connectivity index is 1.79. The van der Waals surface area contributed by atoms with Gasteiger partial charge in [-0.3, -0.25) is 18.5 Å². The topological polar surface area (TPSA) is 371 Å². The molecule has 8 N–H and O–H groups in total. The zero-order valence-electron chi connectivity index (χ0n) is 29.5. The van der Waals surface area contributed by atoms with Crippen LogP contribution in [0.2, 0.25) is 0 Å². The minimum Gasteiger partial charge on any atom is -0.494 e. The third-order valence-electron chi connectivity index (χ3n) is 7.19. The van der Waals surface area contributed by atoms with Crippen molar-refractivity contribution in [1.82, 2.24) is 0 Å². The van der Waals surface area contributed by atoms with Crippen molar-refractivity contribution in [3.63, 3.8) is 0 Å². The lowest BCUT2D eigenvalue weighted by molar-refractivity contribution is -0.114. The minimum absolute atomic E-state index is 0.117. The first-order valence-electron chi connectivity index (χ1n) is 15.4. The molecule has 0 aliphatic rings. The molecule has 0 heterocycles. The number of carbonyl (C=O) groups excluding carboxylic acids is 1. The Bertz CT molecular complexity index is 2780. The second-order valence-corrected chi connectivity index (χ2v) is 17.4. The van der Waals surface area contributed by atoms with Gasteiger partial charge in [-0.1, -0.05) is 17.7 Å². The molecular formula is C30H31N9O14S4. The van der Waals surface area contributed by atoms with Gasteiger partial charge < -0.3 is 21.5 Å². The molecule has 304 valence electrons. The number of nitrogens with zero attached hydrogens (tertiary/aromatic N) is 6. The molecular weight excluding hydrogens is 839 g/mol. The Morgan fingerprint density at radius 1 is 0.702 bits per heavy atom. The number of sulfone groups is 1. The first-order chi connectivity index (χ1) is 26.4. The van der Waals surface area contributed by atoms with Gasteiger partial charge in [0.25, 0.3) is 20.2 Å². The lowest BCUT2D eigenvalue weighted by Crippen LogP contribution is -2.16. The molecule has 0 aliphatic carbocycles. The molecule has 27 heteroatoms. The summed E-state index contributed by atoms with van der Waals surface area (Å²) in [4.78, 5) is 9.59. The number of nitrogens with one attached hydrogen (secondary N) is 1. The van der Waals surface area contributed by atoms with E-state index in [-0.39, 0.29) is 39.9 Å². The van der Waals surface area contributed by atoms with E-state index in [0.29, 0.717) is 11.8 Å². The van der Waals surface area contributed by atoms with E-state index in [9.17, 15) is 47.6 Å². The summed E-state index contributed by atoms with van der Waals surface area (Å²) in [7, 11) is -18.4. The normalized spacial score (nSPS) is 12.8. The van der Waals surface area contributed by atoms with Gasteiger partial charge in [0.1, 0.15) is 44.0 Å². The molecule has 0 spiro atoms. The summed E-state index contributed by atoms with van der Waals surface area (Å²) in [5, 5.41) is 26.2. The monoisotopic (exact) mass is 869 g/mol. The number of anilines is 3. The molecule has 4 rings (SSSR count). The van der Waals surface area contributed by atoms with Crippen LogP contribution in [0.3, 0.4) is 0 Å². The number of benzene rings is 4. The standard InChI is InChI=1S/C30H31N9O14S4/c1-16-4-6-18(7-5-16)34-39-30-28(31)24(15-27(29(30)32)56(46,47)48)38-37-23-13-21(33-17(2)40)22(14-25(23)52-3)36-35-20-9-8-19(12-26(20)55(43,44)45)54(41,42)11-10-53-57(49,50)51/h4-9,12-15H,10-11,31-32H2,1-3H3,(H,33,40)(H,43,44,45)(H,46,47,48)(H,49,50,51). The van der Waals surface area contributed by atoms with Gasteiger partial charge in [0, 0.05) is 13.0 Å². The summed E-state index contributed by atoms with van der Waals surface area (Å²) in [5.74, 6) is -1.78. The summed E-state index contributed by atoms with van der Waals surface area (Å²) in [6.45, 7) is 1.95. The van der Waals surface area contributed by atoms with Gasteiger partial charge in [0.05, 0.1) is 47.1 Å². The summed E-state index contributed by atoms with van der Waals surface area (Å²) in [6.07, 6.45) is 0. The number of nitrogens with two attached hydrogens (primary N) is 2. The molecule has 0 radical (unpaired) electrons. The number of methoxy groups -OCH3 is 1. The van der Waals surface area contributed by atoms with Gasteiger partial charge in [-0.2, -0.15) is 30.4 Å². The van der Waals surface area contributed by atoms with E-state index in [2.05, 4.69) is 40.2 Å². The number of amides is 1. The lowest BCUT2D eigenvalue weighted by Gasteiger charge is -2.12. The number of hydrogen-bond donors (Lipinski definition) is 6. The quantitative estimate of drug-likeness (QED) is 0.0490. The Morgan fingerprint density at radius 3 is 1.88 bits per heavy atom. The van der Waals surface area contributed by atoms with E-state index in [0.717, 1.165) is 36.8 Å². The van der Waals surface area contributed by atoms with Gasteiger partial charge >= 0.3 is 10.4 Å². The molecule has 0 aromatic heterocycles. The summed E-state index contributed by atoms with van der Waals surface area (Å²) in [5.41, 5.74) is 10.9. The number of aryl methyl sites for hydroxylation is 1. The summed E-state index contributed by atoms with van der Waals surface area (Å²) in [6, 6.07) is 12.1. The zero-order chi connectivity index (χ0) is 42.5. The fourth-order valence-electron chi connectivity index (χ4n) is 4.52. The lowest BCUT2D eigenvalue weighted by atomic mass is 10.2. The van der Waals surface area contributed by atoms with E-state index >= 15 is 0 Å². The number of rotatable bonds is 15. The number of azo groups is 3. The van der Waals surface area contributed by atoms with Gasteiger partial charge in [-0.15, -0.1) is 25.6 Å². The van der Waals surface area contributed by atoms with Crippen molar-refractivity contribution in [2.24, 2.45) is 30.7 Å². The minimum atomic E-state index is -5.18. The highest BCUT2D eigenvalue weighted by molar-refractivity contribution is 7.91. The van der Waals surface area contributed by atoms with E-state index in [1.807, 2.05) is 6.92 Å². The third kappa shape index (κ3) is 11.6. The van der Waals surface area contributed by atoms with Gasteiger partial charge in [0.2, 0.25) is 5.91 Å². The van der Waals surface area contributed by atoms with Gasteiger partial charge in [-0.05, 0) is 49.4 Å². The third-order valence-corrected chi connectivity index (χ3v) is 11.1. The van der Waals surface area contributed by atoms with Crippen LogP contribution in [0.15, 0.2) is 106 Å². The van der Waals surface area contributed by atoms with Crippen LogP contribution in [0, 0.1) is 6.92 Å². The van der Waals surface area contributed by atoms with Crippen molar-refractivity contribution in [2.45, 2.75) is 28.5 Å². The summed E-state index contributed by atoms with van der Waals surface area (Å²) < 4.78 is 134. The molecule has 4 aromatic rings. The SMILES string of the molecule is COc1cc(N=Nc2ccc(S(=O)(=O)CCOS(=O)(=O)O)cc2S(=O)(=O)O)c(NC(C)=O)cc1N=Nc1cc(S(=O)(=O)O)c(N)c(N=Nc2ccc(C)cc2)c1N. The molecule has 0 aliphatic heterocycles. The van der Waals surface area contributed by atoms with Gasteiger partial charge in [0.15, 0.2) is 9.84 Å². The molecule has 57 heavy (non-hydrogen) atoms. The Morgan fingerprint density at radius 2 is 1.30 bits per heavy atom. The van der Waals surface area contributed by atoms with Crippen molar-refractivity contribution in [3.8, 4) is 5.75 Å². The first kappa shape index (κ1) is 43.9. The maximum atomic E-state index is 12.7. The average molecular weight is 870 g/mol. The molecule has 0 unspecified atom stereocenters. The van der Waals surface area contributed by atoms with Crippen LogP contribution in [-0.4, -0.2) is 72.7 Å². The number of hydrogen-bond acceptors (Lipinski definition) is 19. The van der Waals surface area contributed by atoms with E-state index in [1.54, 1.807) is 24.3 Å². The zero-order valence-corrected chi connectivity index (χ0v) is 32.8. The van der Waals surface area contributed by atoms with Crippen LogP contribution in [0.25, 0.3) is 0 Å². The number of carbonyl (C=O) groups is 1. The maximum absolute atomic E-state index is 12.7. The highest BCUT2D eigenvalue weighted by Crippen LogP contribution is 2.45. The van der Waals surface area contributed by atoms with Crippen LogP contribution in [0.1, 0.15) is 12.5 Å². The molecule has 0 saturated heterocycles. The predicted octanol–water partition coefficient (Wildman–Crippen LogP) is 5.46. The number of ether oxygens (including phenoxy) is 1. The van der Waals surface area contributed by atoms with Crippen LogP contribution >= 0.6 is 0 Å². The molecule has 4 aromatic carbocycles. The van der Waals surface area contributed by atoms with Crippen LogP contribution < -0.4 is 21.5 Å². The van der Waals surface area contributed by atoms with Crippen molar-refractivity contribution in [2.75, 3.05) is 36.3 Å². The average Bonchev–Trinajstić information content (AvgIpc) is 3.09. The summed E-state index contributed by atoms with van der Waals surface area (Å²) >= 11 is 0. The fourth-order valence-corrected chi connectivity index (χ4v) is 7.39. The Labute approximate surface area is 324 Å². The molecule has 0 bridgehead atoms. The number of nitrogen functional groups attached to an aromatic ring is 2. The van der Waals surface area contributed by atoms with E-state index in [4.69, 9.17) is 20.8 Å². The van der Waals surface area contributed by atoms with E-state index < -0.39 is 84.8 Å². The van der Waals surface area contributed by atoms with Crippen molar-refractivity contribution in [1.29, 1.82) is 0 Å². The highest BCUT2D eigenvalue weighted by atomic mass is 32.3. The molecule has 23 nitrogen and oxygen atoms in total. The first-order valence-corrected chi connectivity index (χ1v) is 21.3. The van der Waals surface area contributed by atoms with Gasteiger partial charge in [-0.25, -0.2) is 12.6 Å². The van der Waals surface area contributed by atoms with Crippen LogP contribution in [0.5, 0.6) is 5.75 Å². The molecule has 0 fully saturated rings. The smallest absolute Gasteiger partial charge is 0.397 e. The second kappa shape index (κ2) is 17.1. The molecule has 0 atom stereocenters. The van der Waals surface area contributed by atoms with E-state index in [1.165, 1.54) is 13.2 Å². The molecule has 0 saturated carbocycles. The van der Waals surface area contributed by atoms with Crippen molar-refractivity contribution >= 4 is 97.6 Å². The fraction of sp³-hybridized carbons (Fsp3) is 0.167. The maximum Gasteiger partial charge on any atom is 0.397 e. The largest absolute Gasteiger partial charge is 0.494 e. The Hall–Kier alpha value is -5.81. The van der Waals surface area contributed by atoms with Crippen molar-refractivity contribution < 1.29 is 61.0 Å². The van der Waals surface area contributed by atoms with Crippen LogP contribution in [-0.2, 0) is 49.5 Å². The van der Waals surface area contributed by atoms with Crippen LogP contribution in [0.4, 0.5) is 51.2 Å². The second-order valence-electron chi connectivity index (χ2n) is 11.4. The van der Waals surface area contributed by atoms with Crippen molar-refractivity contribution in [3.05, 3.63) is 66.2 Å². The predicted molar refractivity (Wildman–Crippen MR) is 202 cm³/mol. The molecule has 1 amide bonds. The Kier molecular flexibility index (Phi) is 13.2.